The third-order valence-corrected chi connectivity index (χ3v) is 5.60. The molecule has 0 aliphatic carbocycles. The van der Waals surface area contributed by atoms with Crippen molar-refractivity contribution >= 4 is 60.6 Å². The van der Waals surface area contributed by atoms with Gasteiger partial charge >= 0.3 is 0 Å². The number of anilines is 3. The fourth-order valence-electron chi connectivity index (χ4n) is 2.37. The molecule has 3 rings (SSSR count). The summed E-state index contributed by atoms with van der Waals surface area (Å²) in [7, 11) is -9.12. The van der Waals surface area contributed by atoms with Gasteiger partial charge in [-0.05, 0) is 42.5 Å². The monoisotopic (exact) mass is 493 g/mol. The molecule has 3 aromatic rings. The van der Waals surface area contributed by atoms with E-state index in [0.717, 1.165) is 18.2 Å². The summed E-state index contributed by atoms with van der Waals surface area (Å²) in [6.45, 7) is 0. The molecule has 1 aromatic heterocycles. The van der Waals surface area contributed by atoms with Crippen molar-refractivity contribution in [1.82, 2.24) is 9.97 Å². The summed E-state index contributed by atoms with van der Waals surface area (Å²) in [6.07, 6.45) is 0. The quantitative estimate of drug-likeness (QED) is 0.246. The second kappa shape index (κ2) is 8.82. The van der Waals surface area contributed by atoms with Crippen LogP contribution in [0.5, 0.6) is 0 Å². The minimum Gasteiger partial charge on any atom is -0.382 e. The molecule has 0 saturated heterocycles. The van der Waals surface area contributed by atoms with Crippen molar-refractivity contribution in [2.45, 2.75) is 9.79 Å². The van der Waals surface area contributed by atoms with Crippen LogP contribution in [-0.4, -0.2) is 35.9 Å². The van der Waals surface area contributed by atoms with Crippen LogP contribution in [-0.2, 0) is 20.2 Å². The van der Waals surface area contributed by atoms with Crippen molar-refractivity contribution in [2.24, 2.45) is 20.5 Å². The molecular formula is C16H15N9O6S2. The van der Waals surface area contributed by atoms with Crippen molar-refractivity contribution in [3.05, 3.63) is 42.5 Å². The lowest BCUT2D eigenvalue weighted by atomic mass is 10.3. The van der Waals surface area contributed by atoms with E-state index in [1.165, 1.54) is 24.3 Å². The third-order valence-electron chi connectivity index (χ3n) is 3.85. The number of azo groups is 2. The molecule has 0 fully saturated rings. The topological polar surface area (TPSA) is 262 Å². The molecule has 0 aliphatic heterocycles. The highest BCUT2D eigenvalue weighted by Crippen LogP contribution is 2.33. The molecule has 17 heteroatoms. The summed E-state index contributed by atoms with van der Waals surface area (Å²) in [6, 6.07) is 8.24. The Labute approximate surface area is 186 Å². The van der Waals surface area contributed by atoms with E-state index in [1.807, 2.05) is 0 Å². The average Bonchev–Trinajstić information content (AvgIpc) is 2.71. The van der Waals surface area contributed by atoms with Gasteiger partial charge in [0.25, 0.3) is 20.2 Å². The van der Waals surface area contributed by atoms with Crippen molar-refractivity contribution in [2.75, 3.05) is 17.2 Å². The number of benzene rings is 2. The van der Waals surface area contributed by atoms with Gasteiger partial charge in [0.05, 0.1) is 16.3 Å². The lowest BCUT2D eigenvalue weighted by molar-refractivity contribution is 0.481. The lowest BCUT2D eigenvalue weighted by Crippen LogP contribution is -2.03. The Morgan fingerprint density at radius 3 is 1.79 bits per heavy atom. The number of nitrogen functional groups attached to an aromatic ring is 3. The summed E-state index contributed by atoms with van der Waals surface area (Å²) in [5.41, 5.74) is 16.5. The van der Waals surface area contributed by atoms with Crippen molar-refractivity contribution in [1.29, 1.82) is 0 Å². The molecule has 0 radical (unpaired) electrons. The Morgan fingerprint density at radius 2 is 1.24 bits per heavy atom. The summed E-state index contributed by atoms with van der Waals surface area (Å²) in [5, 5.41) is 15.1. The molecule has 2 aromatic carbocycles. The smallest absolute Gasteiger partial charge is 0.296 e. The predicted octanol–water partition coefficient (Wildman–Crippen LogP) is 2.55. The summed E-state index contributed by atoms with van der Waals surface area (Å²) in [4.78, 5) is 6.37. The molecule has 0 spiro atoms. The number of hydrogen-bond donors (Lipinski definition) is 5. The van der Waals surface area contributed by atoms with Crippen molar-refractivity contribution < 1.29 is 25.9 Å². The van der Waals surface area contributed by atoms with Gasteiger partial charge in [-0.3, -0.25) is 9.11 Å². The molecule has 172 valence electrons. The minimum absolute atomic E-state index is 0.00952. The second-order valence-electron chi connectivity index (χ2n) is 6.20. The van der Waals surface area contributed by atoms with Crippen LogP contribution < -0.4 is 17.2 Å². The third kappa shape index (κ3) is 5.80. The first-order chi connectivity index (χ1) is 15.3. The van der Waals surface area contributed by atoms with Crippen LogP contribution in [0.15, 0.2) is 72.7 Å². The first-order valence-corrected chi connectivity index (χ1v) is 11.4. The summed E-state index contributed by atoms with van der Waals surface area (Å²) < 4.78 is 64.3. The maximum absolute atomic E-state index is 11.8. The highest BCUT2D eigenvalue weighted by atomic mass is 32.2. The van der Waals surface area contributed by atoms with Crippen molar-refractivity contribution in [3.8, 4) is 0 Å². The Hall–Kier alpha value is -4.06. The van der Waals surface area contributed by atoms with Gasteiger partial charge in [0.2, 0.25) is 5.95 Å². The van der Waals surface area contributed by atoms with E-state index in [0.29, 0.717) is 0 Å². The fourth-order valence-corrected chi connectivity index (χ4v) is 3.49. The van der Waals surface area contributed by atoms with Gasteiger partial charge in [0.1, 0.15) is 10.6 Å². The number of aromatic nitrogens is 2. The highest BCUT2D eigenvalue weighted by molar-refractivity contribution is 7.86. The Balaban J connectivity index is 1.94. The maximum atomic E-state index is 11.8. The van der Waals surface area contributed by atoms with Crippen LogP contribution in [0, 0.1) is 0 Å². The van der Waals surface area contributed by atoms with E-state index >= 15 is 0 Å². The fraction of sp³-hybridized carbons (Fsp3) is 0. The van der Waals surface area contributed by atoms with E-state index in [9.17, 15) is 21.4 Å². The SMILES string of the molecule is Nc1nc(N)c(N=Nc2ccc(N=Nc3ccc(S(=O)(=O)O)cc3)cc2S(=O)(=O)O)c(N)n1. The molecular weight excluding hydrogens is 478 g/mol. The molecule has 33 heavy (non-hydrogen) atoms. The van der Waals surface area contributed by atoms with Crippen molar-refractivity contribution in [3.63, 3.8) is 0 Å². The zero-order valence-electron chi connectivity index (χ0n) is 16.3. The number of nitrogens with two attached hydrogens (primary N) is 3. The number of hydrogen-bond acceptors (Lipinski definition) is 13. The molecule has 8 N–H and O–H groups in total. The van der Waals surface area contributed by atoms with E-state index < -0.39 is 25.1 Å². The lowest BCUT2D eigenvalue weighted by Gasteiger charge is -2.05. The molecule has 15 nitrogen and oxygen atoms in total. The van der Waals surface area contributed by atoms with Crippen LogP contribution in [0.25, 0.3) is 0 Å². The van der Waals surface area contributed by atoms with Gasteiger partial charge in [0.15, 0.2) is 17.3 Å². The summed E-state index contributed by atoms with van der Waals surface area (Å²) in [5.74, 6) is -0.574. The van der Waals surface area contributed by atoms with Gasteiger partial charge in [-0.25, -0.2) is 0 Å². The zero-order chi connectivity index (χ0) is 24.4. The Bertz CT molecular complexity index is 1460. The van der Waals surface area contributed by atoms with Crippen LogP contribution in [0.4, 0.5) is 40.3 Å². The number of rotatable bonds is 6. The van der Waals surface area contributed by atoms with E-state index in [-0.39, 0.29) is 45.2 Å². The standard InChI is InChI=1S/C16H15N9O6S2/c17-14-13(15(18)21-16(19)20-14)25-24-11-6-3-9(7-12(11)33(29,30)31)23-22-8-1-4-10(5-2-8)32(26,27)28/h1-7H,(H,26,27,28)(H,29,30,31)(H6,17,18,19,20,21). The first-order valence-electron chi connectivity index (χ1n) is 8.55. The summed E-state index contributed by atoms with van der Waals surface area (Å²) >= 11 is 0. The number of nitrogens with zero attached hydrogens (tertiary/aromatic N) is 6. The Morgan fingerprint density at radius 1 is 0.697 bits per heavy atom. The van der Waals surface area contributed by atoms with Crippen LogP contribution in [0.2, 0.25) is 0 Å². The van der Waals surface area contributed by atoms with Crippen LogP contribution in [0.3, 0.4) is 0 Å². The second-order valence-corrected chi connectivity index (χ2v) is 9.01. The zero-order valence-corrected chi connectivity index (χ0v) is 17.9. The normalized spacial score (nSPS) is 12.5. The highest BCUT2D eigenvalue weighted by Gasteiger charge is 2.17. The average molecular weight is 493 g/mol. The van der Waals surface area contributed by atoms with Gasteiger partial charge < -0.3 is 17.2 Å². The van der Waals surface area contributed by atoms with Gasteiger partial charge in [-0.1, -0.05) is 0 Å². The van der Waals surface area contributed by atoms with Gasteiger partial charge in [-0.15, -0.1) is 10.2 Å². The van der Waals surface area contributed by atoms with E-state index in [4.69, 9.17) is 21.8 Å². The largest absolute Gasteiger partial charge is 0.382 e. The molecule has 0 saturated carbocycles. The molecule has 0 unspecified atom stereocenters. The van der Waals surface area contributed by atoms with Crippen LogP contribution in [0.1, 0.15) is 0 Å². The van der Waals surface area contributed by atoms with Crippen LogP contribution >= 0.6 is 0 Å². The predicted molar refractivity (Wildman–Crippen MR) is 116 cm³/mol. The minimum atomic E-state index is -4.76. The van der Waals surface area contributed by atoms with E-state index in [2.05, 4.69) is 30.4 Å². The first kappa shape index (κ1) is 23.6. The molecule has 0 bridgehead atoms. The molecule has 1 heterocycles. The Kier molecular flexibility index (Phi) is 6.31. The van der Waals surface area contributed by atoms with E-state index in [1.54, 1.807) is 0 Å². The molecule has 0 atom stereocenters. The molecule has 0 amide bonds. The van der Waals surface area contributed by atoms with Gasteiger partial charge in [0, 0.05) is 0 Å². The molecule has 0 aliphatic rings. The maximum Gasteiger partial charge on any atom is 0.296 e. The van der Waals surface area contributed by atoms with Gasteiger partial charge in [-0.2, -0.15) is 37.0 Å².